The number of methoxy groups -OCH3 is 1. The number of carbonyl (C=O) groups excluding carboxylic acids is 1. The van der Waals surface area contributed by atoms with Gasteiger partial charge < -0.3 is 4.74 Å². The SMILES string of the molecule is COc1ccc(C23CC4CC(CC(C4)C2)C3)cc1/C=C1\SC(=S)N(c2ccc([N+](=O)[O-])cc2)C1=O. The van der Waals surface area contributed by atoms with Crippen LogP contribution in [0.25, 0.3) is 6.08 Å². The largest absolute Gasteiger partial charge is 0.496 e. The normalized spacial score (nSPS) is 30.4. The van der Waals surface area contributed by atoms with Crippen molar-refractivity contribution in [3.05, 3.63) is 68.6 Å². The molecule has 2 aromatic carbocycles. The third kappa shape index (κ3) is 3.87. The fourth-order valence-corrected chi connectivity index (χ4v) is 8.49. The molecule has 6 nitrogen and oxygen atoms in total. The van der Waals surface area contributed by atoms with Crippen LogP contribution in [0.3, 0.4) is 0 Å². The molecule has 0 unspecified atom stereocenters. The predicted octanol–water partition coefficient (Wildman–Crippen LogP) is 6.48. The number of non-ortho nitro benzene ring substituents is 1. The third-order valence-corrected chi connectivity index (χ3v) is 9.58. The molecule has 4 bridgehead atoms. The Morgan fingerprint density at radius 2 is 1.71 bits per heavy atom. The van der Waals surface area contributed by atoms with Crippen LogP contribution in [0.4, 0.5) is 11.4 Å². The van der Waals surface area contributed by atoms with E-state index in [0.29, 0.717) is 14.9 Å². The highest BCUT2D eigenvalue weighted by Gasteiger charge is 2.51. The monoisotopic (exact) mass is 506 g/mol. The van der Waals surface area contributed by atoms with E-state index in [9.17, 15) is 14.9 Å². The minimum Gasteiger partial charge on any atom is -0.496 e. The molecule has 0 aromatic heterocycles. The summed E-state index contributed by atoms with van der Waals surface area (Å²) in [5.41, 5.74) is 3.01. The molecular weight excluding hydrogens is 480 g/mol. The van der Waals surface area contributed by atoms with Crippen molar-refractivity contribution in [3.63, 3.8) is 0 Å². The number of benzene rings is 2. The van der Waals surface area contributed by atoms with E-state index in [4.69, 9.17) is 17.0 Å². The summed E-state index contributed by atoms with van der Waals surface area (Å²) in [6, 6.07) is 12.4. The molecule has 1 heterocycles. The van der Waals surface area contributed by atoms with Crippen LogP contribution in [-0.4, -0.2) is 22.3 Å². The number of nitrogens with zero attached hydrogens (tertiary/aromatic N) is 2. The molecule has 5 aliphatic rings. The smallest absolute Gasteiger partial charge is 0.270 e. The minimum atomic E-state index is -0.461. The van der Waals surface area contributed by atoms with Gasteiger partial charge in [-0.2, -0.15) is 0 Å². The van der Waals surface area contributed by atoms with Gasteiger partial charge >= 0.3 is 0 Å². The van der Waals surface area contributed by atoms with Gasteiger partial charge in [0.1, 0.15) is 5.75 Å². The summed E-state index contributed by atoms with van der Waals surface area (Å²) < 4.78 is 6.07. The van der Waals surface area contributed by atoms with Gasteiger partial charge in [-0.1, -0.05) is 30.0 Å². The highest BCUT2D eigenvalue weighted by molar-refractivity contribution is 8.27. The van der Waals surface area contributed by atoms with Crippen LogP contribution in [0.15, 0.2) is 47.4 Å². The van der Waals surface area contributed by atoms with Gasteiger partial charge in [-0.15, -0.1) is 0 Å². The van der Waals surface area contributed by atoms with Gasteiger partial charge in [0.2, 0.25) is 0 Å². The number of ether oxygens (including phenoxy) is 1. The highest BCUT2D eigenvalue weighted by Crippen LogP contribution is 2.61. The second-order valence-electron chi connectivity index (χ2n) is 10.4. The van der Waals surface area contributed by atoms with Gasteiger partial charge in [-0.05, 0) is 97.6 Å². The summed E-state index contributed by atoms with van der Waals surface area (Å²) in [5, 5.41) is 11.0. The zero-order valence-corrected chi connectivity index (χ0v) is 21.1. The molecule has 1 saturated heterocycles. The molecular formula is C27H26N2O4S2. The predicted molar refractivity (Wildman–Crippen MR) is 142 cm³/mol. The molecule has 4 saturated carbocycles. The number of thiocarbonyl (C=S) groups is 1. The molecule has 35 heavy (non-hydrogen) atoms. The van der Waals surface area contributed by atoms with E-state index in [0.717, 1.165) is 29.1 Å². The second-order valence-corrected chi connectivity index (χ2v) is 12.1. The average Bonchev–Trinajstić information content (AvgIpc) is 3.10. The van der Waals surface area contributed by atoms with Gasteiger partial charge in [-0.3, -0.25) is 19.8 Å². The van der Waals surface area contributed by atoms with Crippen molar-refractivity contribution in [2.75, 3.05) is 12.0 Å². The van der Waals surface area contributed by atoms with Gasteiger partial charge in [0.15, 0.2) is 4.32 Å². The summed E-state index contributed by atoms with van der Waals surface area (Å²) in [5.74, 6) is 3.06. The van der Waals surface area contributed by atoms with E-state index in [-0.39, 0.29) is 17.0 Å². The van der Waals surface area contributed by atoms with E-state index in [2.05, 4.69) is 12.1 Å². The van der Waals surface area contributed by atoms with E-state index < -0.39 is 4.92 Å². The molecule has 5 fully saturated rings. The Kier molecular flexibility index (Phi) is 5.49. The molecule has 1 amide bonds. The first-order valence-corrected chi connectivity index (χ1v) is 13.3. The molecule has 7 rings (SSSR count). The van der Waals surface area contributed by atoms with Crippen LogP contribution < -0.4 is 9.64 Å². The van der Waals surface area contributed by atoms with Crippen molar-refractivity contribution in [1.29, 1.82) is 0 Å². The van der Waals surface area contributed by atoms with Gasteiger partial charge in [0, 0.05) is 17.7 Å². The van der Waals surface area contributed by atoms with Crippen LogP contribution in [0, 0.1) is 27.9 Å². The van der Waals surface area contributed by atoms with Crippen LogP contribution in [0.5, 0.6) is 5.75 Å². The maximum Gasteiger partial charge on any atom is 0.270 e. The number of nitro benzene ring substituents is 1. The van der Waals surface area contributed by atoms with Crippen LogP contribution >= 0.6 is 24.0 Å². The van der Waals surface area contributed by atoms with E-state index in [1.54, 1.807) is 19.2 Å². The average molecular weight is 507 g/mol. The Bertz CT molecular complexity index is 1240. The highest BCUT2D eigenvalue weighted by atomic mass is 32.2. The summed E-state index contributed by atoms with van der Waals surface area (Å²) in [6.45, 7) is 0. The number of hydrogen-bond acceptors (Lipinski definition) is 6. The third-order valence-electron chi connectivity index (χ3n) is 8.28. The number of rotatable bonds is 5. The lowest BCUT2D eigenvalue weighted by atomic mass is 9.48. The first-order valence-electron chi connectivity index (χ1n) is 12.1. The molecule has 0 N–H and O–H groups in total. The maximum atomic E-state index is 13.3. The number of hydrogen-bond donors (Lipinski definition) is 0. The standard InChI is InChI=1S/C27H26N2O4S2/c1-33-23-7-2-20(27-13-16-8-17(14-27)10-18(9-16)15-27)11-19(23)12-24-25(30)28(26(34)35-24)21-3-5-22(6-4-21)29(31)32/h2-7,11-12,16-18H,8-10,13-15H2,1H3/b24-12-. The van der Waals surface area contributed by atoms with Crippen molar-refractivity contribution in [1.82, 2.24) is 0 Å². The molecule has 180 valence electrons. The Morgan fingerprint density at radius 3 is 2.29 bits per heavy atom. The topological polar surface area (TPSA) is 72.7 Å². The Labute approximate surface area is 213 Å². The minimum absolute atomic E-state index is 0.0269. The van der Waals surface area contributed by atoms with E-state index in [1.165, 1.54) is 72.9 Å². The Hall–Kier alpha value is -2.71. The van der Waals surface area contributed by atoms with Gasteiger partial charge in [0.05, 0.1) is 22.6 Å². The van der Waals surface area contributed by atoms with Crippen molar-refractivity contribution in [3.8, 4) is 5.75 Å². The summed E-state index contributed by atoms with van der Waals surface area (Å²) >= 11 is 6.75. The second kappa shape index (κ2) is 8.45. The van der Waals surface area contributed by atoms with Gasteiger partial charge in [-0.25, -0.2) is 0 Å². The molecule has 4 aliphatic carbocycles. The molecule has 0 spiro atoms. The number of carbonyl (C=O) groups is 1. The van der Waals surface area contributed by atoms with Crippen molar-refractivity contribution >= 4 is 51.7 Å². The molecule has 2 aromatic rings. The lowest BCUT2D eigenvalue weighted by molar-refractivity contribution is -0.384. The molecule has 0 radical (unpaired) electrons. The van der Waals surface area contributed by atoms with Crippen molar-refractivity contribution in [2.45, 2.75) is 43.9 Å². The quantitative estimate of drug-likeness (QED) is 0.200. The van der Waals surface area contributed by atoms with Gasteiger partial charge in [0.25, 0.3) is 11.6 Å². The summed E-state index contributed by atoms with van der Waals surface area (Å²) in [4.78, 5) is 25.8. The summed E-state index contributed by atoms with van der Waals surface area (Å²) in [6.07, 6.45) is 9.88. The molecule has 1 aliphatic heterocycles. The van der Waals surface area contributed by atoms with Crippen molar-refractivity contribution in [2.24, 2.45) is 17.8 Å². The lowest BCUT2D eigenvalue weighted by Gasteiger charge is -2.57. The molecule has 0 atom stereocenters. The zero-order valence-electron chi connectivity index (χ0n) is 19.4. The van der Waals surface area contributed by atoms with E-state index in [1.807, 2.05) is 12.1 Å². The number of thioether (sulfide) groups is 1. The fraction of sp³-hybridized carbons (Fsp3) is 0.407. The Morgan fingerprint density at radius 1 is 1.09 bits per heavy atom. The molecule has 8 heteroatoms. The summed E-state index contributed by atoms with van der Waals surface area (Å²) in [7, 11) is 1.65. The van der Waals surface area contributed by atoms with Crippen LogP contribution in [0.2, 0.25) is 0 Å². The first kappa shape index (κ1) is 22.7. The van der Waals surface area contributed by atoms with Crippen LogP contribution in [0.1, 0.15) is 49.7 Å². The van der Waals surface area contributed by atoms with E-state index >= 15 is 0 Å². The maximum absolute atomic E-state index is 13.3. The Balaban J connectivity index is 1.32. The fourth-order valence-electron chi connectivity index (χ4n) is 7.20. The first-order chi connectivity index (χ1) is 16.8. The zero-order chi connectivity index (χ0) is 24.3. The number of nitro groups is 1. The number of amides is 1. The number of anilines is 1. The van der Waals surface area contributed by atoms with Crippen LogP contribution in [-0.2, 0) is 10.2 Å². The lowest BCUT2D eigenvalue weighted by Crippen LogP contribution is -2.48. The van der Waals surface area contributed by atoms with Crippen molar-refractivity contribution < 1.29 is 14.5 Å².